The van der Waals surface area contributed by atoms with E-state index in [0.717, 1.165) is 34.3 Å². The van der Waals surface area contributed by atoms with Crippen molar-refractivity contribution >= 4 is 38.6 Å². The molecular formula is C14H14BrN3O2. The van der Waals surface area contributed by atoms with Gasteiger partial charge in [0.25, 0.3) is 0 Å². The number of anilines is 1. The van der Waals surface area contributed by atoms with Crippen LogP contribution in [0.5, 0.6) is 0 Å². The third-order valence-electron chi connectivity index (χ3n) is 3.72. The first-order chi connectivity index (χ1) is 9.65. The summed E-state index contributed by atoms with van der Waals surface area (Å²) < 4.78 is 0.985. The SMILES string of the molecule is O=C(O)C1CCN(c2ncnc3cc(Br)ccc23)CC1. The molecule has 0 amide bonds. The van der Waals surface area contributed by atoms with Crippen molar-refractivity contribution < 1.29 is 9.90 Å². The molecule has 1 N–H and O–H groups in total. The number of hydrogen-bond acceptors (Lipinski definition) is 4. The van der Waals surface area contributed by atoms with Crippen LogP contribution in [-0.2, 0) is 4.79 Å². The first kappa shape index (κ1) is 13.3. The summed E-state index contributed by atoms with van der Waals surface area (Å²) in [5.74, 6) is -0.0269. The number of aromatic nitrogens is 2. The smallest absolute Gasteiger partial charge is 0.306 e. The van der Waals surface area contributed by atoms with Gasteiger partial charge in [0, 0.05) is 22.9 Å². The van der Waals surface area contributed by atoms with Gasteiger partial charge >= 0.3 is 5.97 Å². The number of aliphatic carboxylic acids is 1. The molecule has 0 aliphatic carbocycles. The largest absolute Gasteiger partial charge is 0.481 e. The molecule has 2 aromatic rings. The molecule has 1 aliphatic heterocycles. The number of piperidine rings is 1. The van der Waals surface area contributed by atoms with Crippen molar-refractivity contribution in [3.05, 3.63) is 29.0 Å². The van der Waals surface area contributed by atoms with Gasteiger partial charge in [-0.2, -0.15) is 0 Å². The van der Waals surface area contributed by atoms with Gasteiger partial charge in [0.2, 0.25) is 0 Å². The molecule has 1 aliphatic rings. The molecule has 3 rings (SSSR count). The standard InChI is InChI=1S/C14H14BrN3O2/c15-10-1-2-11-12(7-10)16-8-17-13(11)18-5-3-9(4-6-18)14(19)20/h1-2,7-9H,3-6H2,(H,19,20). The molecule has 2 heterocycles. The molecule has 1 aromatic carbocycles. The zero-order valence-corrected chi connectivity index (χ0v) is 12.4. The average molecular weight is 336 g/mol. The molecule has 0 radical (unpaired) electrons. The maximum atomic E-state index is 11.0. The highest BCUT2D eigenvalue weighted by Gasteiger charge is 2.25. The zero-order valence-electron chi connectivity index (χ0n) is 10.8. The summed E-state index contributed by atoms with van der Waals surface area (Å²) in [6.07, 6.45) is 2.89. The summed E-state index contributed by atoms with van der Waals surface area (Å²) in [5.41, 5.74) is 0.893. The van der Waals surface area contributed by atoms with E-state index in [1.165, 1.54) is 0 Å². The van der Waals surface area contributed by atoms with Crippen molar-refractivity contribution in [3.8, 4) is 0 Å². The summed E-state index contributed by atoms with van der Waals surface area (Å²) in [5, 5.41) is 10.1. The fraction of sp³-hybridized carbons (Fsp3) is 0.357. The van der Waals surface area contributed by atoms with Gasteiger partial charge in [-0.15, -0.1) is 0 Å². The van der Waals surface area contributed by atoms with Crippen molar-refractivity contribution in [1.29, 1.82) is 0 Å². The highest BCUT2D eigenvalue weighted by molar-refractivity contribution is 9.10. The second-order valence-corrected chi connectivity index (χ2v) is 5.87. The quantitative estimate of drug-likeness (QED) is 0.913. The summed E-state index contributed by atoms with van der Waals surface area (Å²) in [6, 6.07) is 5.93. The monoisotopic (exact) mass is 335 g/mol. The molecule has 0 bridgehead atoms. The lowest BCUT2D eigenvalue weighted by Gasteiger charge is -2.31. The Morgan fingerprint density at radius 3 is 2.75 bits per heavy atom. The van der Waals surface area contributed by atoms with Gasteiger partial charge in [-0.05, 0) is 31.0 Å². The maximum absolute atomic E-state index is 11.0. The summed E-state index contributed by atoms with van der Waals surface area (Å²) >= 11 is 3.44. The van der Waals surface area contributed by atoms with Gasteiger partial charge in [-0.25, -0.2) is 9.97 Å². The number of halogens is 1. The predicted molar refractivity (Wildman–Crippen MR) is 79.8 cm³/mol. The minimum absolute atomic E-state index is 0.228. The van der Waals surface area contributed by atoms with Gasteiger partial charge in [0.05, 0.1) is 11.4 Å². The topological polar surface area (TPSA) is 66.3 Å². The Hall–Kier alpha value is -1.69. The van der Waals surface area contributed by atoms with Crippen LogP contribution in [0, 0.1) is 5.92 Å². The van der Waals surface area contributed by atoms with Crippen LogP contribution >= 0.6 is 15.9 Å². The molecule has 1 fully saturated rings. The molecule has 20 heavy (non-hydrogen) atoms. The van der Waals surface area contributed by atoms with Crippen LogP contribution in [0.3, 0.4) is 0 Å². The number of benzene rings is 1. The maximum Gasteiger partial charge on any atom is 0.306 e. The summed E-state index contributed by atoms with van der Waals surface area (Å²) in [6.45, 7) is 1.44. The molecule has 0 atom stereocenters. The lowest BCUT2D eigenvalue weighted by atomic mass is 9.97. The van der Waals surface area contributed by atoms with Gasteiger partial charge in [-0.3, -0.25) is 4.79 Å². The summed E-state index contributed by atoms with van der Waals surface area (Å²) in [4.78, 5) is 21.8. The van der Waals surface area contributed by atoms with Crippen molar-refractivity contribution in [3.63, 3.8) is 0 Å². The van der Waals surface area contributed by atoms with E-state index < -0.39 is 5.97 Å². The van der Waals surface area contributed by atoms with Crippen LogP contribution in [0.1, 0.15) is 12.8 Å². The second kappa shape index (κ2) is 5.36. The Balaban J connectivity index is 1.90. The van der Waals surface area contributed by atoms with E-state index in [2.05, 4.69) is 30.8 Å². The van der Waals surface area contributed by atoms with Crippen LogP contribution in [0.15, 0.2) is 29.0 Å². The predicted octanol–water partition coefficient (Wildman–Crippen LogP) is 2.69. The molecule has 0 unspecified atom stereocenters. The Labute approximate surface area is 124 Å². The molecule has 6 heteroatoms. The molecular weight excluding hydrogens is 322 g/mol. The van der Waals surface area contributed by atoms with Crippen molar-refractivity contribution in [2.75, 3.05) is 18.0 Å². The van der Waals surface area contributed by atoms with E-state index in [1.54, 1.807) is 6.33 Å². The normalized spacial score (nSPS) is 16.6. The first-order valence-electron chi connectivity index (χ1n) is 6.53. The third kappa shape index (κ3) is 2.47. The lowest BCUT2D eigenvalue weighted by molar-refractivity contribution is -0.142. The number of nitrogens with zero attached hydrogens (tertiary/aromatic N) is 3. The fourth-order valence-corrected chi connectivity index (χ4v) is 2.96. The number of hydrogen-bond donors (Lipinski definition) is 1. The van der Waals surface area contributed by atoms with Crippen molar-refractivity contribution in [2.24, 2.45) is 5.92 Å². The molecule has 1 saturated heterocycles. The van der Waals surface area contributed by atoms with E-state index in [4.69, 9.17) is 5.11 Å². The number of fused-ring (bicyclic) bond motifs is 1. The Kier molecular flexibility index (Phi) is 3.56. The highest BCUT2D eigenvalue weighted by Crippen LogP contribution is 2.28. The van der Waals surface area contributed by atoms with E-state index >= 15 is 0 Å². The number of carboxylic acids is 1. The van der Waals surface area contributed by atoms with Gasteiger partial charge in [0.15, 0.2) is 0 Å². The Morgan fingerprint density at radius 2 is 2.05 bits per heavy atom. The van der Waals surface area contributed by atoms with Crippen LogP contribution < -0.4 is 4.90 Å². The third-order valence-corrected chi connectivity index (χ3v) is 4.21. The molecule has 0 spiro atoms. The zero-order chi connectivity index (χ0) is 14.1. The fourth-order valence-electron chi connectivity index (χ4n) is 2.61. The molecule has 1 aromatic heterocycles. The minimum atomic E-state index is -0.693. The first-order valence-corrected chi connectivity index (χ1v) is 7.32. The molecule has 0 saturated carbocycles. The average Bonchev–Trinajstić information content (AvgIpc) is 2.46. The minimum Gasteiger partial charge on any atom is -0.481 e. The van der Waals surface area contributed by atoms with Gasteiger partial charge < -0.3 is 10.0 Å². The molecule has 5 nitrogen and oxygen atoms in total. The van der Waals surface area contributed by atoms with Crippen LogP contribution in [0.25, 0.3) is 10.9 Å². The number of carboxylic acid groups (broad SMARTS) is 1. The van der Waals surface area contributed by atoms with E-state index in [-0.39, 0.29) is 5.92 Å². The highest BCUT2D eigenvalue weighted by atomic mass is 79.9. The van der Waals surface area contributed by atoms with Crippen LogP contribution in [0.2, 0.25) is 0 Å². The van der Waals surface area contributed by atoms with Crippen molar-refractivity contribution in [1.82, 2.24) is 9.97 Å². The Bertz CT molecular complexity index is 654. The van der Waals surface area contributed by atoms with Crippen LogP contribution in [0.4, 0.5) is 5.82 Å². The number of rotatable bonds is 2. The van der Waals surface area contributed by atoms with Crippen LogP contribution in [-0.4, -0.2) is 34.1 Å². The van der Waals surface area contributed by atoms with Crippen molar-refractivity contribution in [2.45, 2.75) is 12.8 Å². The van der Waals surface area contributed by atoms with Gasteiger partial charge in [-0.1, -0.05) is 15.9 Å². The van der Waals surface area contributed by atoms with E-state index in [9.17, 15) is 4.79 Å². The van der Waals surface area contributed by atoms with Gasteiger partial charge in [0.1, 0.15) is 12.1 Å². The van der Waals surface area contributed by atoms with E-state index in [1.807, 2.05) is 18.2 Å². The second-order valence-electron chi connectivity index (χ2n) is 4.96. The number of carbonyl (C=O) groups is 1. The Morgan fingerprint density at radius 1 is 1.30 bits per heavy atom. The van der Waals surface area contributed by atoms with E-state index in [0.29, 0.717) is 12.8 Å². The lowest BCUT2D eigenvalue weighted by Crippen LogP contribution is -2.36. The summed E-state index contributed by atoms with van der Waals surface area (Å²) in [7, 11) is 0. The molecule has 104 valence electrons.